The van der Waals surface area contributed by atoms with E-state index in [1.54, 1.807) is 7.05 Å². The van der Waals surface area contributed by atoms with Gasteiger partial charge in [0.2, 0.25) is 0 Å². The molecular formula is C15H22FN3O. The van der Waals surface area contributed by atoms with Crippen LogP contribution in [0.2, 0.25) is 0 Å². The first-order valence-corrected chi connectivity index (χ1v) is 7.09. The highest BCUT2D eigenvalue weighted by molar-refractivity contribution is 5.95. The van der Waals surface area contributed by atoms with Crippen LogP contribution in [0.3, 0.4) is 0 Å². The molecule has 20 heavy (non-hydrogen) atoms. The Morgan fingerprint density at radius 3 is 2.85 bits per heavy atom. The number of nitrogens with one attached hydrogen (secondary N) is 2. The van der Waals surface area contributed by atoms with E-state index in [0.717, 1.165) is 19.3 Å². The molecule has 1 aliphatic rings. The van der Waals surface area contributed by atoms with Crippen molar-refractivity contribution in [3.63, 3.8) is 0 Å². The van der Waals surface area contributed by atoms with Crippen molar-refractivity contribution in [1.82, 2.24) is 10.3 Å². The van der Waals surface area contributed by atoms with Crippen LogP contribution in [0.15, 0.2) is 12.3 Å². The van der Waals surface area contributed by atoms with Crippen LogP contribution >= 0.6 is 0 Å². The van der Waals surface area contributed by atoms with Crippen molar-refractivity contribution in [3.05, 3.63) is 23.6 Å². The maximum absolute atomic E-state index is 14.1. The molecular weight excluding hydrogens is 257 g/mol. The van der Waals surface area contributed by atoms with Crippen LogP contribution in [0.5, 0.6) is 0 Å². The highest BCUT2D eigenvalue weighted by Crippen LogP contribution is 2.35. The molecule has 1 aromatic heterocycles. The van der Waals surface area contributed by atoms with Crippen LogP contribution in [0, 0.1) is 11.2 Å². The Balaban J connectivity index is 2.16. The largest absolute Gasteiger partial charge is 0.371 e. The summed E-state index contributed by atoms with van der Waals surface area (Å²) in [4.78, 5) is 16.1. The zero-order valence-corrected chi connectivity index (χ0v) is 12.3. The van der Waals surface area contributed by atoms with Gasteiger partial charge in [0, 0.05) is 19.3 Å². The lowest BCUT2D eigenvalue weighted by Gasteiger charge is -2.39. The van der Waals surface area contributed by atoms with Crippen LogP contribution in [0.1, 0.15) is 49.9 Å². The van der Waals surface area contributed by atoms with Gasteiger partial charge in [-0.3, -0.25) is 4.79 Å². The lowest BCUT2D eigenvalue weighted by molar-refractivity contribution is 0.0849. The predicted octanol–water partition coefficient (Wildman–Crippen LogP) is 2.96. The fraction of sp³-hybridized carbons (Fsp3) is 0.600. The van der Waals surface area contributed by atoms with Gasteiger partial charge in [-0.2, -0.15) is 0 Å². The predicted molar refractivity (Wildman–Crippen MR) is 77.2 cm³/mol. The molecule has 0 aromatic carbocycles. The summed E-state index contributed by atoms with van der Waals surface area (Å²) in [5.41, 5.74) is 0.106. The minimum absolute atomic E-state index is 0.0470. The highest BCUT2D eigenvalue weighted by Gasteiger charge is 2.33. The number of amides is 1. The Bertz CT molecular complexity index is 502. The second-order valence-electron chi connectivity index (χ2n) is 6.03. The molecule has 0 aliphatic heterocycles. The van der Waals surface area contributed by atoms with Crippen LogP contribution in [-0.2, 0) is 0 Å². The molecule has 0 radical (unpaired) electrons. The van der Waals surface area contributed by atoms with Crippen molar-refractivity contribution in [1.29, 1.82) is 0 Å². The molecule has 110 valence electrons. The third kappa shape index (κ3) is 2.92. The number of carbonyl (C=O) groups excluding carboxylic acids is 1. The molecule has 1 aromatic rings. The SMILES string of the molecule is CNc1nccc(C(=O)NC2CCCCC2(C)C)c1F. The van der Waals surface area contributed by atoms with Crippen molar-refractivity contribution < 1.29 is 9.18 Å². The number of halogens is 1. The zero-order valence-electron chi connectivity index (χ0n) is 12.3. The molecule has 2 rings (SSSR count). The van der Waals surface area contributed by atoms with Crippen LogP contribution < -0.4 is 10.6 Å². The van der Waals surface area contributed by atoms with Crippen LogP contribution in [-0.4, -0.2) is 24.0 Å². The first-order valence-electron chi connectivity index (χ1n) is 7.09. The normalized spacial score (nSPS) is 21.3. The van der Waals surface area contributed by atoms with Gasteiger partial charge >= 0.3 is 0 Å². The van der Waals surface area contributed by atoms with E-state index in [4.69, 9.17) is 0 Å². The molecule has 1 amide bonds. The Hall–Kier alpha value is -1.65. The number of pyridine rings is 1. The average Bonchev–Trinajstić information content (AvgIpc) is 2.41. The smallest absolute Gasteiger partial charge is 0.254 e. The summed E-state index contributed by atoms with van der Waals surface area (Å²) in [6.45, 7) is 4.30. The molecule has 0 spiro atoms. The number of carbonyl (C=O) groups is 1. The van der Waals surface area contributed by atoms with E-state index in [1.165, 1.54) is 18.7 Å². The number of hydrogen-bond acceptors (Lipinski definition) is 3. The summed E-state index contributed by atoms with van der Waals surface area (Å²) < 4.78 is 14.1. The third-order valence-electron chi connectivity index (χ3n) is 4.18. The van der Waals surface area contributed by atoms with E-state index < -0.39 is 5.82 Å². The summed E-state index contributed by atoms with van der Waals surface area (Å²) in [7, 11) is 1.58. The van der Waals surface area contributed by atoms with E-state index in [-0.39, 0.29) is 28.7 Å². The molecule has 1 unspecified atom stereocenters. The quantitative estimate of drug-likeness (QED) is 0.894. The fourth-order valence-electron chi connectivity index (χ4n) is 2.79. The average molecular weight is 279 g/mol. The topological polar surface area (TPSA) is 54.0 Å². The lowest BCUT2D eigenvalue weighted by atomic mass is 9.73. The van der Waals surface area contributed by atoms with Crippen LogP contribution in [0.4, 0.5) is 10.2 Å². The molecule has 1 heterocycles. The molecule has 4 nitrogen and oxygen atoms in total. The van der Waals surface area contributed by atoms with E-state index >= 15 is 0 Å². The third-order valence-corrected chi connectivity index (χ3v) is 4.18. The highest BCUT2D eigenvalue weighted by atomic mass is 19.1. The molecule has 0 saturated heterocycles. The van der Waals surface area contributed by atoms with Gasteiger partial charge in [0.05, 0.1) is 5.56 Å². The zero-order chi connectivity index (χ0) is 14.8. The van der Waals surface area contributed by atoms with Crippen molar-refractivity contribution in [2.24, 2.45) is 5.41 Å². The summed E-state index contributed by atoms with van der Waals surface area (Å²) in [5.74, 6) is -0.858. The molecule has 1 fully saturated rings. The van der Waals surface area contributed by atoms with Crippen molar-refractivity contribution in [3.8, 4) is 0 Å². The minimum Gasteiger partial charge on any atom is -0.371 e. The van der Waals surface area contributed by atoms with E-state index in [9.17, 15) is 9.18 Å². The van der Waals surface area contributed by atoms with Crippen molar-refractivity contribution in [2.75, 3.05) is 12.4 Å². The van der Waals surface area contributed by atoms with E-state index in [2.05, 4.69) is 29.5 Å². The summed E-state index contributed by atoms with van der Waals surface area (Å²) >= 11 is 0. The first kappa shape index (κ1) is 14.8. The Labute approximate surface area is 119 Å². The second kappa shape index (κ2) is 5.77. The minimum atomic E-state index is -0.596. The molecule has 1 atom stereocenters. The van der Waals surface area contributed by atoms with Gasteiger partial charge in [-0.1, -0.05) is 26.7 Å². The number of rotatable bonds is 3. The molecule has 1 saturated carbocycles. The van der Waals surface area contributed by atoms with Gasteiger partial charge in [-0.05, 0) is 24.3 Å². The number of aromatic nitrogens is 1. The Kier molecular flexibility index (Phi) is 4.26. The summed E-state index contributed by atoms with van der Waals surface area (Å²) in [5, 5.41) is 5.63. The van der Waals surface area contributed by atoms with Gasteiger partial charge in [0.25, 0.3) is 5.91 Å². The van der Waals surface area contributed by atoms with Gasteiger partial charge in [-0.25, -0.2) is 9.37 Å². The molecule has 5 heteroatoms. The van der Waals surface area contributed by atoms with E-state index in [1.807, 2.05) is 0 Å². The number of nitrogens with zero attached hydrogens (tertiary/aromatic N) is 1. The Morgan fingerprint density at radius 1 is 1.45 bits per heavy atom. The summed E-state index contributed by atoms with van der Waals surface area (Å²) in [6.07, 6.45) is 5.76. The number of hydrogen-bond donors (Lipinski definition) is 2. The van der Waals surface area contributed by atoms with Gasteiger partial charge in [-0.15, -0.1) is 0 Å². The van der Waals surface area contributed by atoms with Gasteiger partial charge in [0.1, 0.15) is 0 Å². The molecule has 1 aliphatic carbocycles. The standard InChI is InChI=1S/C15H22FN3O/c1-15(2)8-5-4-6-11(15)19-14(20)10-7-9-18-13(17-3)12(10)16/h7,9,11H,4-6,8H2,1-3H3,(H,17,18)(H,19,20). The van der Waals surface area contributed by atoms with Crippen molar-refractivity contribution in [2.45, 2.75) is 45.6 Å². The number of anilines is 1. The first-order chi connectivity index (χ1) is 9.45. The second-order valence-corrected chi connectivity index (χ2v) is 6.03. The Morgan fingerprint density at radius 2 is 2.20 bits per heavy atom. The maximum atomic E-state index is 14.1. The van der Waals surface area contributed by atoms with E-state index in [0.29, 0.717) is 0 Å². The van der Waals surface area contributed by atoms with Gasteiger partial charge < -0.3 is 10.6 Å². The monoisotopic (exact) mass is 279 g/mol. The van der Waals surface area contributed by atoms with Gasteiger partial charge in [0.15, 0.2) is 11.6 Å². The van der Waals surface area contributed by atoms with Crippen molar-refractivity contribution >= 4 is 11.7 Å². The molecule has 2 N–H and O–H groups in total. The fourth-order valence-corrected chi connectivity index (χ4v) is 2.79. The molecule has 0 bridgehead atoms. The lowest BCUT2D eigenvalue weighted by Crippen LogP contribution is -2.47. The summed E-state index contributed by atoms with van der Waals surface area (Å²) in [6, 6.07) is 1.51. The maximum Gasteiger partial charge on any atom is 0.254 e. The van der Waals surface area contributed by atoms with Crippen LogP contribution in [0.25, 0.3) is 0 Å².